The van der Waals surface area contributed by atoms with Gasteiger partial charge in [-0.15, -0.1) is 0 Å². The summed E-state index contributed by atoms with van der Waals surface area (Å²) in [5.41, 5.74) is 0. The van der Waals surface area contributed by atoms with Gasteiger partial charge in [-0.3, -0.25) is 14.9 Å². The zero-order valence-corrected chi connectivity index (χ0v) is 16.8. The minimum atomic E-state index is -6.38. The van der Waals surface area contributed by atoms with Crippen molar-refractivity contribution in [3.05, 3.63) is 0 Å². The quantitative estimate of drug-likeness (QED) is 0.259. The van der Waals surface area contributed by atoms with Crippen LogP contribution in [-0.2, 0) is 19.1 Å². The Bertz CT molecular complexity index is 582. The number of rotatable bonds is 13. The van der Waals surface area contributed by atoms with Crippen molar-refractivity contribution < 1.29 is 58.7 Å². The molecule has 0 saturated carbocycles. The Morgan fingerprint density at radius 1 is 1.03 bits per heavy atom. The molecule has 0 aromatic rings. The summed E-state index contributed by atoms with van der Waals surface area (Å²) >= 11 is 0. The fraction of sp³-hybridized carbons (Fsp3) is 0.875. The number of carbonyl (C=O) groups excluding carboxylic acids is 2. The molecule has 0 spiro atoms. The molecule has 0 radical (unpaired) electrons. The summed E-state index contributed by atoms with van der Waals surface area (Å²) in [5, 5.41) is 2.61. The highest BCUT2D eigenvalue weighted by molar-refractivity contribution is 5.82. The number of halogens is 8. The number of nitrogens with one attached hydrogen (secondary N) is 1. The summed E-state index contributed by atoms with van der Waals surface area (Å²) in [6.45, 7) is -0.859. The van der Waals surface area contributed by atoms with Crippen LogP contribution in [0.4, 0.5) is 35.1 Å². The molecule has 6 nitrogen and oxygen atoms in total. The second-order valence-corrected chi connectivity index (χ2v) is 7.42. The summed E-state index contributed by atoms with van der Waals surface area (Å²) < 4.78 is 112. The Hall–Kier alpha value is -1.70. The van der Waals surface area contributed by atoms with Crippen molar-refractivity contribution in [3.8, 4) is 0 Å². The van der Waals surface area contributed by atoms with Crippen molar-refractivity contribution >= 4 is 11.9 Å². The molecule has 0 heterocycles. The van der Waals surface area contributed by atoms with Crippen LogP contribution in [0.15, 0.2) is 0 Å². The standard InChI is InChI=1S/C16H25F8N2O4/c1-26(2,3)7-6-25-10(9-11(27)29-4)12(28)30-8-5-14(19,20)16(23,24)15(21,22)13(17)18/h10,13,25H,5-9H2,1-4H3/q+1. The fourth-order valence-electron chi connectivity index (χ4n) is 1.98. The maximum atomic E-state index is 13.5. The third kappa shape index (κ3) is 7.85. The van der Waals surface area contributed by atoms with E-state index in [-0.39, 0.29) is 6.54 Å². The molecule has 0 amide bonds. The highest BCUT2D eigenvalue weighted by atomic mass is 19.4. The van der Waals surface area contributed by atoms with Crippen LogP contribution in [0.25, 0.3) is 0 Å². The molecule has 0 aromatic heterocycles. The second-order valence-electron chi connectivity index (χ2n) is 7.42. The summed E-state index contributed by atoms with van der Waals surface area (Å²) in [4.78, 5) is 23.4. The minimum Gasteiger partial charge on any atom is -0.469 e. The lowest BCUT2D eigenvalue weighted by atomic mass is 10.0. The van der Waals surface area contributed by atoms with E-state index in [1.54, 1.807) is 0 Å². The van der Waals surface area contributed by atoms with Crippen LogP contribution < -0.4 is 5.32 Å². The molecule has 0 aliphatic heterocycles. The first-order valence-corrected chi connectivity index (χ1v) is 8.58. The average Bonchev–Trinajstić information content (AvgIpc) is 2.58. The number of likely N-dealkylation sites (N-methyl/N-ethyl adjacent to an activating group) is 1. The topological polar surface area (TPSA) is 64.6 Å². The third-order valence-electron chi connectivity index (χ3n) is 3.87. The first-order chi connectivity index (χ1) is 13.4. The van der Waals surface area contributed by atoms with Crippen molar-refractivity contribution in [3.63, 3.8) is 0 Å². The number of ether oxygens (including phenoxy) is 2. The third-order valence-corrected chi connectivity index (χ3v) is 3.87. The van der Waals surface area contributed by atoms with Gasteiger partial charge in [0.05, 0.1) is 54.2 Å². The predicted molar refractivity (Wildman–Crippen MR) is 87.7 cm³/mol. The normalized spacial score (nSPS) is 14.6. The van der Waals surface area contributed by atoms with Crippen LogP contribution in [0.5, 0.6) is 0 Å². The van der Waals surface area contributed by atoms with Crippen molar-refractivity contribution in [1.29, 1.82) is 0 Å². The zero-order valence-electron chi connectivity index (χ0n) is 16.8. The largest absolute Gasteiger partial charge is 0.469 e. The van der Waals surface area contributed by atoms with E-state index in [1.807, 2.05) is 21.1 Å². The molecule has 1 N–H and O–H groups in total. The number of hydrogen-bond acceptors (Lipinski definition) is 5. The van der Waals surface area contributed by atoms with Gasteiger partial charge in [0, 0.05) is 6.54 Å². The smallest absolute Gasteiger partial charge is 0.377 e. The Kier molecular flexibility index (Phi) is 9.96. The number of alkyl halides is 8. The maximum Gasteiger partial charge on any atom is 0.377 e. The van der Waals surface area contributed by atoms with Crippen LogP contribution in [0.3, 0.4) is 0 Å². The minimum absolute atomic E-state index is 0.162. The van der Waals surface area contributed by atoms with Gasteiger partial charge < -0.3 is 14.0 Å². The summed E-state index contributed by atoms with van der Waals surface area (Å²) in [5.74, 6) is -20.4. The number of quaternary nitrogens is 1. The van der Waals surface area contributed by atoms with Gasteiger partial charge in [0.15, 0.2) is 0 Å². The molecule has 0 aliphatic rings. The summed E-state index contributed by atoms with van der Waals surface area (Å²) in [7, 11) is 6.45. The highest BCUT2D eigenvalue weighted by Gasteiger charge is 2.74. The number of esters is 2. The molecular formula is C16H25F8N2O4+. The fourth-order valence-corrected chi connectivity index (χ4v) is 1.98. The molecule has 0 aliphatic carbocycles. The molecule has 0 fully saturated rings. The number of carbonyl (C=O) groups is 2. The van der Waals surface area contributed by atoms with Gasteiger partial charge in [-0.1, -0.05) is 0 Å². The second kappa shape index (κ2) is 10.6. The lowest BCUT2D eigenvalue weighted by Crippen LogP contribution is -2.57. The first kappa shape index (κ1) is 28.3. The van der Waals surface area contributed by atoms with Crippen molar-refractivity contribution in [2.45, 2.75) is 43.1 Å². The zero-order chi connectivity index (χ0) is 24.0. The van der Waals surface area contributed by atoms with Crippen LogP contribution in [-0.4, -0.2) is 94.6 Å². The van der Waals surface area contributed by atoms with E-state index >= 15 is 0 Å². The monoisotopic (exact) mass is 461 g/mol. The van der Waals surface area contributed by atoms with Gasteiger partial charge in [0.1, 0.15) is 6.04 Å². The SMILES string of the molecule is COC(=O)CC(NCC[N+](C)(C)C)C(=O)OCCC(F)(F)C(F)(F)C(F)(F)C(F)F. The molecule has 0 saturated heterocycles. The van der Waals surface area contributed by atoms with E-state index in [9.17, 15) is 44.7 Å². The first-order valence-electron chi connectivity index (χ1n) is 8.58. The molecule has 0 rings (SSSR count). The van der Waals surface area contributed by atoms with Gasteiger partial charge in [-0.2, -0.15) is 26.3 Å². The van der Waals surface area contributed by atoms with Gasteiger partial charge in [-0.05, 0) is 0 Å². The Morgan fingerprint density at radius 2 is 1.57 bits per heavy atom. The number of methoxy groups -OCH3 is 1. The van der Waals surface area contributed by atoms with E-state index < -0.39 is 61.6 Å². The van der Waals surface area contributed by atoms with Crippen molar-refractivity contribution in [2.75, 3.05) is 47.9 Å². The van der Waals surface area contributed by atoms with Gasteiger partial charge in [0.25, 0.3) is 0 Å². The Labute approximate surface area is 168 Å². The average molecular weight is 461 g/mol. The number of nitrogens with zero attached hydrogens (tertiary/aromatic N) is 1. The number of hydrogen-bond donors (Lipinski definition) is 1. The van der Waals surface area contributed by atoms with E-state index in [2.05, 4.69) is 14.8 Å². The summed E-state index contributed by atoms with van der Waals surface area (Å²) in [6.07, 6.45) is -7.75. The van der Waals surface area contributed by atoms with Gasteiger partial charge >= 0.3 is 36.1 Å². The molecule has 178 valence electrons. The van der Waals surface area contributed by atoms with Crippen LogP contribution in [0, 0.1) is 0 Å². The van der Waals surface area contributed by atoms with Crippen LogP contribution in [0.2, 0.25) is 0 Å². The van der Waals surface area contributed by atoms with Crippen LogP contribution in [0.1, 0.15) is 12.8 Å². The lowest BCUT2D eigenvalue weighted by Gasteiger charge is -2.32. The molecule has 0 aromatic carbocycles. The van der Waals surface area contributed by atoms with Crippen molar-refractivity contribution in [2.24, 2.45) is 0 Å². The molecule has 1 atom stereocenters. The predicted octanol–water partition coefficient (Wildman–Crippen LogP) is 2.32. The lowest BCUT2D eigenvalue weighted by molar-refractivity contribution is -0.869. The molecule has 0 bridgehead atoms. The van der Waals surface area contributed by atoms with Gasteiger partial charge in [0.2, 0.25) is 0 Å². The van der Waals surface area contributed by atoms with Crippen LogP contribution >= 0.6 is 0 Å². The van der Waals surface area contributed by atoms with Crippen molar-refractivity contribution in [1.82, 2.24) is 5.32 Å². The van der Waals surface area contributed by atoms with Gasteiger partial charge in [-0.25, -0.2) is 8.78 Å². The summed E-state index contributed by atoms with van der Waals surface area (Å²) in [6, 6.07) is -1.39. The van der Waals surface area contributed by atoms with E-state index in [1.165, 1.54) is 0 Å². The highest BCUT2D eigenvalue weighted by Crippen LogP contribution is 2.49. The Morgan fingerprint density at radius 3 is 2.00 bits per heavy atom. The molecule has 14 heteroatoms. The molecule has 30 heavy (non-hydrogen) atoms. The Balaban J connectivity index is 5.02. The van der Waals surface area contributed by atoms with E-state index in [0.29, 0.717) is 11.0 Å². The van der Waals surface area contributed by atoms with E-state index in [0.717, 1.165) is 7.11 Å². The molecular weight excluding hydrogens is 436 g/mol. The molecule has 1 unspecified atom stereocenters. The van der Waals surface area contributed by atoms with E-state index in [4.69, 9.17) is 0 Å². The maximum absolute atomic E-state index is 13.5.